The number of rotatable bonds is 3. The molecule has 0 aliphatic carbocycles. The van der Waals surface area contributed by atoms with E-state index in [0.29, 0.717) is 28.1 Å². The molecule has 0 saturated heterocycles. The zero-order chi connectivity index (χ0) is 13.3. The molecule has 1 heterocycles. The summed E-state index contributed by atoms with van der Waals surface area (Å²) < 4.78 is 10.3. The SMILES string of the molecule is COc1cc(OC)c2c(N)cc(C(=O)O)nc2c1. The Morgan fingerprint density at radius 3 is 2.56 bits per heavy atom. The van der Waals surface area contributed by atoms with Crippen LogP contribution in [0.15, 0.2) is 18.2 Å². The number of nitrogens with two attached hydrogens (primary N) is 1. The Morgan fingerprint density at radius 1 is 1.28 bits per heavy atom. The van der Waals surface area contributed by atoms with E-state index in [-0.39, 0.29) is 5.69 Å². The molecule has 1 aromatic heterocycles. The summed E-state index contributed by atoms with van der Waals surface area (Å²) in [5, 5.41) is 9.51. The van der Waals surface area contributed by atoms with Gasteiger partial charge in [0.15, 0.2) is 5.69 Å². The second-order valence-electron chi connectivity index (χ2n) is 3.63. The second kappa shape index (κ2) is 4.40. The Kier molecular flexibility index (Phi) is 2.93. The van der Waals surface area contributed by atoms with Crippen molar-refractivity contribution >= 4 is 22.6 Å². The maximum atomic E-state index is 10.9. The van der Waals surface area contributed by atoms with Crippen LogP contribution in [0.25, 0.3) is 10.9 Å². The third-order valence-corrected chi connectivity index (χ3v) is 2.55. The number of hydrogen-bond acceptors (Lipinski definition) is 5. The molecule has 0 aliphatic heterocycles. The Bertz CT molecular complexity index is 625. The minimum absolute atomic E-state index is 0.115. The normalized spacial score (nSPS) is 10.3. The predicted octanol–water partition coefficient (Wildman–Crippen LogP) is 1.53. The number of ether oxygens (including phenoxy) is 2. The van der Waals surface area contributed by atoms with Crippen LogP contribution in [0.4, 0.5) is 5.69 Å². The monoisotopic (exact) mass is 248 g/mol. The average Bonchev–Trinajstić information content (AvgIpc) is 2.36. The van der Waals surface area contributed by atoms with Crippen molar-refractivity contribution < 1.29 is 19.4 Å². The summed E-state index contributed by atoms with van der Waals surface area (Å²) in [6, 6.07) is 4.58. The number of carbonyl (C=O) groups is 1. The Hall–Kier alpha value is -2.50. The van der Waals surface area contributed by atoms with Gasteiger partial charge in [0.2, 0.25) is 0 Å². The predicted molar refractivity (Wildman–Crippen MR) is 66.2 cm³/mol. The first-order valence-corrected chi connectivity index (χ1v) is 5.12. The van der Waals surface area contributed by atoms with E-state index in [1.165, 1.54) is 20.3 Å². The van der Waals surface area contributed by atoms with Crippen molar-refractivity contribution in [2.45, 2.75) is 0 Å². The van der Waals surface area contributed by atoms with Crippen LogP contribution in [0.3, 0.4) is 0 Å². The molecule has 0 aliphatic rings. The number of methoxy groups -OCH3 is 2. The first-order valence-electron chi connectivity index (χ1n) is 5.12. The molecule has 0 radical (unpaired) electrons. The zero-order valence-electron chi connectivity index (χ0n) is 9.93. The summed E-state index contributed by atoms with van der Waals surface area (Å²) in [5.41, 5.74) is 6.45. The van der Waals surface area contributed by atoms with Gasteiger partial charge in [-0.25, -0.2) is 9.78 Å². The summed E-state index contributed by atoms with van der Waals surface area (Å²) in [4.78, 5) is 14.9. The number of benzene rings is 1. The van der Waals surface area contributed by atoms with E-state index in [0.717, 1.165) is 0 Å². The molecule has 0 fully saturated rings. The van der Waals surface area contributed by atoms with Crippen molar-refractivity contribution in [2.75, 3.05) is 20.0 Å². The molecule has 0 atom stereocenters. The van der Waals surface area contributed by atoms with Crippen LogP contribution in [-0.4, -0.2) is 30.3 Å². The number of carboxylic acids is 1. The van der Waals surface area contributed by atoms with Crippen molar-refractivity contribution in [2.24, 2.45) is 0 Å². The number of nitrogen functional groups attached to an aromatic ring is 1. The van der Waals surface area contributed by atoms with Crippen molar-refractivity contribution in [3.8, 4) is 11.5 Å². The van der Waals surface area contributed by atoms with E-state index < -0.39 is 5.97 Å². The summed E-state index contributed by atoms with van der Waals surface area (Å²) in [6.07, 6.45) is 0. The van der Waals surface area contributed by atoms with Gasteiger partial charge in [-0.2, -0.15) is 0 Å². The summed E-state index contributed by atoms with van der Waals surface area (Å²) in [6.45, 7) is 0. The van der Waals surface area contributed by atoms with Crippen LogP contribution in [0.2, 0.25) is 0 Å². The Balaban J connectivity index is 2.82. The van der Waals surface area contributed by atoms with Gasteiger partial charge in [-0.1, -0.05) is 0 Å². The number of nitrogens with zero attached hydrogens (tertiary/aromatic N) is 1. The van der Waals surface area contributed by atoms with Gasteiger partial charge in [0.1, 0.15) is 11.5 Å². The van der Waals surface area contributed by atoms with Gasteiger partial charge in [-0.15, -0.1) is 0 Å². The maximum Gasteiger partial charge on any atom is 0.354 e. The van der Waals surface area contributed by atoms with Crippen molar-refractivity contribution in [3.05, 3.63) is 23.9 Å². The first kappa shape index (κ1) is 12.0. The second-order valence-corrected chi connectivity index (χ2v) is 3.63. The number of aromatic nitrogens is 1. The maximum absolute atomic E-state index is 10.9. The quantitative estimate of drug-likeness (QED) is 0.855. The molecule has 18 heavy (non-hydrogen) atoms. The molecule has 6 heteroatoms. The molecular weight excluding hydrogens is 236 g/mol. The summed E-state index contributed by atoms with van der Waals surface area (Å²) in [5.74, 6) is -0.120. The molecule has 3 N–H and O–H groups in total. The zero-order valence-corrected chi connectivity index (χ0v) is 9.93. The fourth-order valence-corrected chi connectivity index (χ4v) is 1.72. The van der Waals surface area contributed by atoms with Gasteiger partial charge in [-0.05, 0) is 6.07 Å². The topological polar surface area (TPSA) is 94.7 Å². The fraction of sp³-hybridized carbons (Fsp3) is 0.167. The lowest BCUT2D eigenvalue weighted by molar-refractivity contribution is 0.0691. The number of pyridine rings is 1. The molecule has 0 bridgehead atoms. The van der Waals surface area contributed by atoms with Crippen LogP contribution in [-0.2, 0) is 0 Å². The van der Waals surface area contributed by atoms with E-state index in [1.54, 1.807) is 12.1 Å². The summed E-state index contributed by atoms with van der Waals surface area (Å²) in [7, 11) is 3.00. The van der Waals surface area contributed by atoms with Crippen molar-refractivity contribution in [1.82, 2.24) is 4.98 Å². The van der Waals surface area contributed by atoms with Gasteiger partial charge in [-0.3, -0.25) is 0 Å². The molecule has 2 aromatic rings. The van der Waals surface area contributed by atoms with Crippen LogP contribution >= 0.6 is 0 Å². The number of carboxylic acid groups (broad SMARTS) is 1. The molecule has 1 aromatic carbocycles. The molecule has 94 valence electrons. The lowest BCUT2D eigenvalue weighted by Crippen LogP contribution is -2.03. The third-order valence-electron chi connectivity index (χ3n) is 2.55. The van der Waals surface area contributed by atoms with E-state index in [1.807, 2.05) is 0 Å². The van der Waals surface area contributed by atoms with Gasteiger partial charge < -0.3 is 20.3 Å². The third kappa shape index (κ3) is 1.88. The largest absolute Gasteiger partial charge is 0.497 e. The highest BCUT2D eigenvalue weighted by atomic mass is 16.5. The molecular formula is C12H12N2O4. The van der Waals surface area contributed by atoms with Crippen LogP contribution in [0.5, 0.6) is 11.5 Å². The highest BCUT2D eigenvalue weighted by Gasteiger charge is 2.14. The average molecular weight is 248 g/mol. The van der Waals surface area contributed by atoms with Gasteiger partial charge in [0, 0.05) is 17.8 Å². The van der Waals surface area contributed by atoms with Gasteiger partial charge in [0.25, 0.3) is 0 Å². The standard InChI is InChI=1S/C12H12N2O4/c1-17-6-3-8-11(10(4-6)18-2)7(13)5-9(14-8)12(15)16/h3-5H,1-2H3,(H2,13,14)(H,15,16). The lowest BCUT2D eigenvalue weighted by Gasteiger charge is -2.10. The molecule has 0 unspecified atom stereocenters. The molecule has 2 rings (SSSR count). The lowest BCUT2D eigenvalue weighted by atomic mass is 10.1. The van der Waals surface area contributed by atoms with E-state index in [9.17, 15) is 4.79 Å². The highest BCUT2D eigenvalue weighted by Crippen LogP contribution is 2.34. The Labute approximate surface area is 103 Å². The number of aromatic carboxylic acids is 1. The highest BCUT2D eigenvalue weighted by molar-refractivity contribution is 6.00. The molecule has 0 amide bonds. The number of hydrogen-bond donors (Lipinski definition) is 2. The minimum atomic E-state index is -1.13. The number of anilines is 1. The molecule has 0 saturated carbocycles. The van der Waals surface area contributed by atoms with E-state index in [2.05, 4.69) is 4.98 Å². The van der Waals surface area contributed by atoms with Crippen LogP contribution in [0, 0.1) is 0 Å². The first-order chi connectivity index (χ1) is 8.56. The Morgan fingerprint density at radius 2 is 2.00 bits per heavy atom. The smallest absolute Gasteiger partial charge is 0.354 e. The van der Waals surface area contributed by atoms with Crippen molar-refractivity contribution in [1.29, 1.82) is 0 Å². The van der Waals surface area contributed by atoms with E-state index >= 15 is 0 Å². The number of fused-ring (bicyclic) bond motifs is 1. The van der Waals surface area contributed by atoms with Gasteiger partial charge >= 0.3 is 5.97 Å². The van der Waals surface area contributed by atoms with Gasteiger partial charge in [0.05, 0.1) is 25.1 Å². The van der Waals surface area contributed by atoms with Crippen LogP contribution < -0.4 is 15.2 Å². The molecule has 0 spiro atoms. The minimum Gasteiger partial charge on any atom is -0.497 e. The summed E-state index contributed by atoms with van der Waals surface area (Å²) >= 11 is 0. The van der Waals surface area contributed by atoms with Crippen molar-refractivity contribution in [3.63, 3.8) is 0 Å². The van der Waals surface area contributed by atoms with E-state index in [4.69, 9.17) is 20.3 Å². The van der Waals surface area contributed by atoms with Crippen LogP contribution in [0.1, 0.15) is 10.5 Å². The molecule has 6 nitrogen and oxygen atoms in total. The fourth-order valence-electron chi connectivity index (χ4n) is 1.72.